The molecular formula is C24H29ClN6O2. The molecule has 9 heteroatoms. The highest BCUT2D eigenvalue weighted by molar-refractivity contribution is 6.31. The van der Waals surface area contributed by atoms with Gasteiger partial charge in [-0.25, -0.2) is 9.50 Å². The lowest BCUT2D eigenvalue weighted by atomic mass is 10.0. The van der Waals surface area contributed by atoms with Gasteiger partial charge < -0.3 is 20.2 Å². The van der Waals surface area contributed by atoms with Gasteiger partial charge in [0.25, 0.3) is 5.91 Å². The maximum absolute atomic E-state index is 13.7. The Balaban J connectivity index is 1.50. The predicted octanol–water partition coefficient (Wildman–Crippen LogP) is 3.67. The SMILES string of the molecule is CNc1ccc(Cl)cc1C(=O)N1CCCCCC1c1cc2nc(N3CC(O)C3)c(C)cn2n1. The van der Waals surface area contributed by atoms with Crippen LogP contribution in [0.4, 0.5) is 11.5 Å². The summed E-state index contributed by atoms with van der Waals surface area (Å²) in [6, 6.07) is 7.23. The molecule has 2 aromatic heterocycles. The quantitative estimate of drug-likeness (QED) is 0.607. The molecule has 1 aromatic carbocycles. The van der Waals surface area contributed by atoms with Gasteiger partial charge in [-0.1, -0.05) is 24.4 Å². The average Bonchev–Trinajstić information content (AvgIpc) is 3.02. The first-order valence-corrected chi connectivity index (χ1v) is 11.9. The number of likely N-dealkylation sites (tertiary alicyclic amines) is 1. The number of hydrogen-bond donors (Lipinski definition) is 2. The molecule has 0 radical (unpaired) electrons. The Morgan fingerprint density at radius 3 is 2.79 bits per heavy atom. The Morgan fingerprint density at radius 2 is 2.03 bits per heavy atom. The van der Waals surface area contributed by atoms with Crippen LogP contribution in [0.3, 0.4) is 0 Å². The highest BCUT2D eigenvalue weighted by atomic mass is 35.5. The summed E-state index contributed by atoms with van der Waals surface area (Å²) in [7, 11) is 1.81. The van der Waals surface area contributed by atoms with Gasteiger partial charge in [-0.05, 0) is 38.0 Å². The number of amides is 1. The third-order valence-corrected chi connectivity index (χ3v) is 6.86. The second kappa shape index (κ2) is 8.83. The lowest BCUT2D eigenvalue weighted by Crippen LogP contribution is -2.51. The van der Waals surface area contributed by atoms with Crippen LogP contribution in [-0.4, -0.2) is 63.3 Å². The fraction of sp³-hybridized carbons (Fsp3) is 0.458. The van der Waals surface area contributed by atoms with Crippen molar-refractivity contribution >= 4 is 34.7 Å². The largest absolute Gasteiger partial charge is 0.389 e. The summed E-state index contributed by atoms with van der Waals surface area (Å²) in [5.74, 6) is 0.843. The van der Waals surface area contributed by atoms with Gasteiger partial charge in [-0.15, -0.1) is 0 Å². The van der Waals surface area contributed by atoms with Crippen molar-refractivity contribution in [1.29, 1.82) is 0 Å². The molecule has 5 rings (SSSR count). The zero-order valence-electron chi connectivity index (χ0n) is 19.0. The number of aryl methyl sites for hydroxylation is 1. The molecule has 33 heavy (non-hydrogen) atoms. The lowest BCUT2D eigenvalue weighted by Gasteiger charge is -2.37. The van der Waals surface area contributed by atoms with Crippen LogP contribution in [0.2, 0.25) is 5.02 Å². The first-order valence-electron chi connectivity index (χ1n) is 11.5. The van der Waals surface area contributed by atoms with Gasteiger partial charge >= 0.3 is 0 Å². The van der Waals surface area contributed by atoms with E-state index in [1.807, 2.05) is 37.2 Å². The number of anilines is 2. The third-order valence-electron chi connectivity index (χ3n) is 6.62. The Bertz CT molecular complexity index is 1190. The summed E-state index contributed by atoms with van der Waals surface area (Å²) < 4.78 is 1.80. The number of fused-ring (bicyclic) bond motifs is 1. The molecule has 174 valence electrons. The zero-order valence-corrected chi connectivity index (χ0v) is 19.7. The smallest absolute Gasteiger partial charge is 0.256 e. The van der Waals surface area contributed by atoms with Gasteiger partial charge in [0.05, 0.1) is 23.4 Å². The highest BCUT2D eigenvalue weighted by Gasteiger charge is 2.32. The monoisotopic (exact) mass is 468 g/mol. The van der Waals surface area contributed by atoms with Crippen molar-refractivity contribution in [3.63, 3.8) is 0 Å². The molecule has 0 spiro atoms. The maximum atomic E-state index is 13.7. The van der Waals surface area contributed by atoms with E-state index in [-0.39, 0.29) is 18.1 Å². The molecule has 8 nitrogen and oxygen atoms in total. The highest BCUT2D eigenvalue weighted by Crippen LogP contribution is 2.33. The van der Waals surface area contributed by atoms with Crippen molar-refractivity contribution in [1.82, 2.24) is 19.5 Å². The van der Waals surface area contributed by atoms with E-state index in [1.54, 1.807) is 16.6 Å². The maximum Gasteiger partial charge on any atom is 0.256 e. The van der Waals surface area contributed by atoms with Crippen molar-refractivity contribution in [2.75, 3.05) is 36.9 Å². The Hall–Kier alpha value is -2.84. The van der Waals surface area contributed by atoms with Crippen LogP contribution < -0.4 is 10.2 Å². The number of hydrogen-bond acceptors (Lipinski definition) is 6. The van der Waals surface area contributed by atoms with Crippen LogP contribution in [0.25, 0.3) is 5.65 Å². The number of β-amino-alcohol motifs (C(OH)–C–C–N with tert-alkyl or cyclic N) is 1. The number of halogens is 1. The van der Waals surface area contributed by atoms with Gasteiger partial charge in [-0.2, -0.15) is 5.10 Å². The van der Waals surface area contributed by atoms with E-state index in [0.717, 1.165) is 54.1 Å². The van der Waals surface area contributed by atoms with Crippen molar-refractivity contribution in [3.05, 3.63) is 52.3 Å². The minimum Gasteiger partial charge on any atom is -0.389 e. The minimum atomic E-state index is -0.289. The number of rotatable bonds is 4. The normalized spacial score (nSPS) is 19.5. The van der Waals surface area contributed by atoms with Crippen LogP contribution in [0.5, 0.6) is 0 Å². The van der Waals surface area contributed by atoms with E-state index in [9.17, 15) is 9.90 Å². The molecular weight excluding hydrogens is 440 g/mol. The average molecular weight is 469 g/mol. The number of aliphatic hydroxyl groups excluding tert-OH is 1. The summed E-state index contributed by atoms with van der Waals surface area (Å²) in [4.78, 5) is 22.5. The first-order chi connectivity index (χ1) is 15.9. The molecule has 2 aliphatic heterocycles. The molecule has 0 saturated carbocycles. The number of carbonyl (C=O) groups excluding carboxylic acids is 1. The molecule has 4 heterocycles. The number of benzene rings is 1. The van der Waals surface area contributed by atoms with Crippen molar-refractivity contribution in [3.8, 4) is 0 Å². The van der Waals surface area contributed by atoms with Crippen LogP contribution >= 0.6 is 11.6 Å². The summed E-state index contributed by atoms with van der Waals surface area (Å²) in [6.45, 7) is 3.89. The minimum absolute atomic E-state index is 0.0369. The zero-order chi connectivity index (χ0) is 23.1. The summed E-state index contributed by atoms with van der Waals surface area (Å²) in [5, 5.41) is 18.2. The molecule has 0 aliphatic carbocycles. The molecule has 2 fully saturated rings. The lowest BCUT2D eigenvalue weighted by molar-refractivity contribution is 0.0677. The third kappa shape index (κ3) is 4.13. The molecule has 2 aliphatic rings. The van der Waals surface area contributed by atoms with Crippen LogP contribution in [-0.2, 0) is 0 Å². The Kier molecular flexibility index (Phi) is 5.88. The van der Waals surface area contributed by atoms with Crippen molar-refractivity contribution in [2.24, 2.45) is 0 Å². The van der Waals surface area contributed by atoms with E-state index < -0.39 is 0 Å². The van der Waals surface area contributed by atoms with Crippen molar-refractivity contribution < 1.29 is 9.90 Å². The van der Waals surface area contributed by atoms with Crippen LogP contribution in [0.1, 0.15) is 53.3 Å². The first kappa shape index (κ1) is 22.0. The molecule has 2 saturated heterocycles. The van der Waals surface area contributed by atoms with Crippen LogP contribution in [0, 0.1) is 6.92 Å². The Labute approximate surface area is 198 Å². The summed E-state index contributed by atoms with van der Waals surface area (Å²) in [5.41, 5.74) is 3.96. The van der Waals surface area contributed by atoms with Crippen LogP contribution in [0.15, 0.2) is 30.5 Å². The summed E-state index contributed by atoms with van der Waals surface area (Å²) in [6.07, 6.45) is 5.63. The van der Waals surface area contributed by atoms with E-state index in [1.165, 1.54) is 0 Å². The standard InChI is InChI=1S/C24H29ClN6O2/c1-15-12-31-22(27-23(15)29-13-17(32)14-29)11-20(28-31)21-6-4-3-5-9-30(21)24(33)18-10-16(25)7-8-19(18)26-2/h7-8,10-12,17,21,26,32H,3-6,9,13-14H2,1-2H3. The fourth-order valence-electron chi connectivity index (χ4n) is 4.86. The molecule has 1 atom stereocenters. The molecule has 3 aromatic rings. The van der Waals surface area contributed by atoms with Gasteiger partial charge in [0.2, 0.25) is 0 Å². The van der Waals surface area contributed by atoms with Gasteiger partial charge in [0.1, 0.15) is 5.82 Å². The van der Waals surface area contributed by atoms with E-state index in [4.69, 9.17) is 21.7 Å². The fourth-order valence-corrected chi connectivity index (χ4v) is 5.03. The number of carbonyl (C=O) groups is 1. The Morgan fingerprint density at radius 1 is 1.21 bits per heavy atom. The molecule has 2 N–H and O–H groups in total. The molecule has 1 unspecified atom stereocenters. The van der Waals surface area contributed by atoms with Gasteiger partial charge in [0.15, 0.2) is 5.65 Å². The van der Waals surface area contributed by atoms with Gasteiger partial charge in [-0.3, -0.25) is 4.79 Å². The molecule has 0 bridgehead atoms. The van der Waals surface area contributed by atoms with E-state index in [0.29, 0.717) is 30.2 Å². The number of nitrogens with one attached hydrogen (secondary N) is 1. The van der Waals surface area contributed by atoms with E-state index in [2.05, 4.69) is 10.2 Å². The molecule has 1 amide bonds. The van der Waals surface area contributed by atoms with Gasteiger partial charge in [0, 0.05) is 55.2 Å². The second-order valence-corrected chi connectivity index (χ2v) is 9.42. The van der Waals surface area contributed by atoms with E-state index >= 15 is 0 Å². The topological polar surface area (TPSA) is 86.0 Å². The van der Waals surface area contributed by atoms with Crippen molar-refractivity contribution in [2.45, 2.75) is 44.8 Å². The summed E-state index contributed by atoms with van der Waals surface area (Å²) >= 11 is 6.23. The second-order valence-electron chi connectivity index (χ2n) is 8.98. The number of nitrogens with zero attached hydrogens (tertiary/aromatic N) is 5. The number of aliphatic hydroxyl groups is 1. The number of aromatic nitrogens is 3. The predicted molar refractivity (Wildman–Crippen MR) is 129 cm³/mol.